The summed E-state index contributed by atoms with van der Waals surface area (Å²) in [6, 6.07) is 10.5. The highest BCUT2D eigenvalue weighted by Gasteiger charge is 2.31. The maximum absolute atomic E-state index is 13.4. The maximum Gasteiger partial charge on any atom is 0.407 e. The number of ether oxygens (including phenoxy) is 6. The van der Waals surface area contributed by atoms with Crippen LogP contribution in [-0.2, 0) is 19.1 Å². The quantitative estimate of drug-likeness (QED) is 0.127. The van der Waals surface area contributed by atoms with Crippen LogP contribution in [-0.4, -0.2) is 75.5 Å². The number of carbonyl (C=O) groups excluding carboxylic acids is 4. The van der Waals surface area contributed by atoms with E-state index < -0.39 is 29.3 Å². The molecule has 0 radical (unpaired) electrons. The number of hydrogen-bond donors (Lipinski definition) is 2. The second-order valence-corrected chi connectivity index (χ2v) is 13.6. The number of rotatable bonds is 14. The van der Waals surface area contributed by atoms with Crippen molar-refractivity contribution < 1.29 is 47.6 Å². The Labute approximate surface area is 294 Å². The molecule has 1 unspecified atom stereocenters. The third kappa shape index (κ3) is 13.1. The highest BCUT2D eigenvalue weighted by atomic mass is 16.6. The number of benzene rings is 2. The Morgan fingerprint density at radius 1 is 0.760 bits per heavy atom. The fourth-order valence-electron chi connectivity index (χ4n) is 4.94. The Kier molecular flexibility index (Phi) is 14.3. The van der Waals surface area contributed by atoms with Crippen LogP contribution in [0, 0.1) is 5.92 Å². The summed E-state index contributed by atoms with van der Waals surface area (Å²) in [5, 5.41) is 5.28. The van der Waals surface area contributed by atoms with Gasteiger partial charge in [-0.15, -0.1) is 0 Å². The molecule has 12 heteroatoms. The van der Waals surface area contributed by atoms with Crippen molar-refractivity contribution in [3.05, 3.63) is 59.2 Å². The number of nitrogens with one attached hydrogen (secondary N) is 2. The summed E-state index contributed by atoms with van der Waals surface area (Å²) in [4.78, 5) is 50.3. The van der Waals surface area contributed by atoms with Gasteiger partial charge in [0.25, 0.3) is 0 Å². The third-order valence-electron chi connectivity index (χ3n) is 7.13. The minimum Gasteiger partial charge on any atom is -0.493 e. The first-order valence-corrected chi connectivity index (χ1v) is 16.6. The summed E-state index contributed by atoms with van der Waals surface area (Å²) >= 11 is 0. The lowest BCUT2D eigenvalue weighted by Gasteiger charge is -2.21. The van der Waals surface area contributed by atoms with Crippen LogP contribution in [0.25, 0.3) is 12.2 Å². The van der Waals surface area contributed by atoms with Crippen LogP contribution in [0.5, 0.6) is 23.0 Å². The molecule has 2 amide bonds. The SMILES string of the molecule is COc1cc(/C=C/C(=O)C2CCC/C(=C\c3ccc(OCCNC(=O)OC(C)(C)C)c(OC)c3)C2=O)ccc1OCCNC(=O)OC(C)(C)C. The van der Waals surface area contributed by atoms with Gasteiger partial charge in [-0.1, -0.05) is 18.2 Å². The molecule has 0 spiro atoms. The number of carbonyl (C=O) groups is 4. The number of methoxy groups -OCH3 is 2. The fraction of sp³-hybridized carbons (Fsp3) is 0.474. The summed E-state index contributed by atoms with van der Waals surface area (Å²) in [6.45, 7) is 11.6. The number of amides is 2. The highest BCUT2D eigenvalue weighted by molar-refractivity contribution is 6.16. The third-order valence-corrected chi connectivity index (χ3v) is 7.13. The van der Waals surface area contributed by atoms with Gasteiger partial charge in [-0.3, -0.25) is 9.59 Å². The van der Waals surface area contributed by atoms with Crippen molar-refractivity contribution in [2.24, 2.45) is 5.92 Å². The van der Waals surface area contributed by atoms with Crippen LogP contribution in [0.3, 0.4) is 0 Å². The van der Waals surface area contributed by atoms with E-state index in [9.17, 15) is 19.2 Å². The minimum atomic E-state index is -0.768. The Bertz CT molecular complexity index is 1570. The number of allylic oxidation sites excluding steroid dienone is 2. The molecular weight excluding hydrogens is 644 g/mol. The largest absolute Gasteiger partial charge is 0.493 e. The van der Waals surface area contributed by atoms with Crippen LogP contribution in [0.15, 0.2) is 48.0 Å². The predicted molar refractivity (Wildman–Crippen MR) is 190 cm³/mol. The van der Waals surface area contributed by atoms with Crippen molar-refractivity contribution >= 4 is 35.9 Å². The molecule has 2 aromatic rings. The molecule has 1 fully saturated rings. The second kappa shape index (κ2) is 18.1. The van der Waals surface area contributed by atoms with Gasteiger partial charge in [0.1, 0.15) is 24.4 Å². The first kappa shape index (κ1) is 39.4. The molecule has 1 aliphatic rings. The molecule has 0 aromatic heterocycles. The lowest BCUT2D eigenvalue weighted by atomic mass is 9.81. The van der Waals surface area contributed by atoms with Gasteiger partial charge in [0.2, 0.25) is 0 Å². The predicted octanol–water partition coefficient (Wildman–Crippen LogP) is 6.55. The van der Waals surface area contributed by atoms with Crippen molar-refractivity contribution in [2.75, 3.05) is 40.5 Å². The van der Waals surface area contributed by atoms with E-state index in [1.807, 2.05) is 6.07 Å². The molecule has 0 saturated heterocycles. The first-order valence-electron chi connectivity index (χ1n) is 16.6. The average Bonchev–Trinajstić information content (AvgIpc) is 3.04. The van der Waals surface area contributed by atoms with E-state index in [1.165, 1.54) is 20.3 Å². The molecular formula is C38H50N2O10. The first-order chi connectivity index (χ1) is 23.6. The van der Waals surface area contributed by atoms with E-state index in [-0.39, 0.29) is 37.9 Å². The van der Waals surface area contributed by atoms with Gasteiger partial charge in [0.15, 0.2) is 34.6 Å². The van der Waals surface area contributed by atoms with Gasteiger partial charge in [-0.05, 0) is 114 Å². The van der Waals surface area contributed by atoms with E-state index in [1.54, 1.807) is 84.0 Å². The highest BCUT2D eigenvalue weighted by Crippen LogP contribution is 2.33. The topological polar surface area (TPSA) is 148 Å². The molecule has 272 valence electrons. The van der Waals surface area contributed by atoms with Crippen LogP contribution in [0.2, 0.25) is 0 Å². The fourth-order valence-corrected chi connectivity index (χ4v) is 4.94. The van der Waals surface area contributed by atoms with Crippen molar-refractivity contribution in [2.45, 2.75) is 72.0 Å². The van der Waals surface area contributed by atoms with Gasteiger partial charge >= 0.3 is 12.2 Å². The van der Waals surface area contributed by atoms with E-state index >= 15 is 0 Å². The van der Waals surface area contributed by atoms with Crippen LogP contribution < -0.4 is 29.6 Å². The molecule has 2 N–H and O–H groups in total. The standard InChI is InChI=1S/C38H50N2O10/c1-37(2,3)49-35(43)39-18-20-47-30-16-13-25(23-32(30)45-7)12-15-29(41)28-11-9-10-27(34(28)42)22-26-14-17-31(33(24-26)46-8)48-21-19-40-36(44)50-38(4,5)6/h12-17,22-24,28H,9-11,18-21H2,1-8H3,(H,39,43)(H,40,44)/b15-12+,27-22+. The zero-order valence-electron chi connectivity index (χ0n) is 30.3. The molecule has 2 aromatic carbocycles. The van der Waals surface area contributed by atoms with Crippen molar-refractivity contribution in [1.82, 2.24) is 10.6 Å². The molecule has 1 aliphatic carbocycles. The van der Waals surface area contributed by atoms with E-state index in [2.05, 4.69) is 10.6 Å². The second-order valence-electron chi connectivity index (χ2n) is 13.6. The normalized spacial score (nSPS) is 15.7. The molecule has 3 rings (SSSR count). The van der Waals surface area contributed by atoms with Crippen LogP contribution in [0.4, 0.5) is 9.59 Å². The molecule has 0 heterocycles. The van der Waals surface area contributed by atoms with E-state index in [0.29, 0.717) is 53.4 Å². The molecule has 0 aliphatic heterocycles. The van der Waals surface area contributed by atoms with Gasteiger partial charge in [-0.2, -0.15) is 0 Å². The Balaban J connectivity index is 1.57. The molecule has 0 bridgehead atoms. The van der Waals surface area contributed by atoms with E-state index in [0.717, 1.165) is 5.56 Å². The lowest BCUT2D eigenvalue weighted by molar-refractivity contribution is -0.129. The van der Waals surface area contributed by atoms with Crippen molar-refractivity contribution in [3.8, 4) is 23.0 Å². The zero-order chi connectivity index (χ0) is 36.9. The van der Waals surface area contributed by atoms with Gasteiger partial charge < -0.3 is 39.1 Å². The Morgan fingerprint density at radius 2 is 1.26 bits per heavy atom. The summed E-state index contributed by atoms with van der Waals surface area (Å²) in [7, 11) is 3.03. The molecule has 1 atom stereocenters. The summed E-state index contributed by atoms with van der Waals surface area (Å²) < 4.78 is 32.9. The Hall–Kier alpha value is -5.00. The Morgan fingerprint density at radius 3 is 1.76 bits per heavy atom. The summed E-state index contributed by atoms with van der Waals surface area (Å²) in [5.74, 6) is 0.662. The molecule has 50 heavy (non-hydrogen) atoms. The number of ketones is 2. The molecule has 1 saturated carbocycles. The smallest absolute Gasteiger partial charge is 0.407 e. The number of hydrogen-bond acceptors (Lipinski definition) is 10. The average molecular weight is 695 g/mol. The van der Waals surface area contributed by atoms with Gasteiger partial charge in [0.05, 0.1) is 33.2 Å². The summed E-state index contributed by atoms with van der Waals surface area (Å²) in [5.41, 5.74) is 0.830. The zero-order valence-corrected chi connectivity index (χ0v) is 30.3. The minimum absolute atomic E-state index is 0.195. The number of Topliss-reactive ketones (excluding diaryl/α,β-unsaturated/α-hetero) is 1. The van der Waals surface area contributed by atoms with Crippen LogP contribution >= 0.6 is 0 Å². The lowest BCUT2D eigenvalue weighted by Crippen LogP contribution is -2.34. The maximum atomic E-state index is 13.4. The van der Waals surface area contributed by atoms with Gasteiger partial charge in [0, 0.05) is 0 Å². The molecule has 12 nitrogen and oxygen atoms in total. The van der Waals surface area contributed by atoms with Crippen molar-refractivity contribution in [3.63, 3.8) is 0 Å². The van der Waals surface area contributed by atoms with Crippen LogP contribution in [0.1, 0.15) is 71.9 Å². The number of alkyl carbamates (subject to hydrolysis) is 2. The summed E-state index contributed by atoms with van der Waals surface area (Å²) in [6.07, 6.45) is 5.55. The van der Waals surface area contributed by atoms with Gasteiger partial charge in [-0.25, -0.2) is 9.59 Å². The van der Waals surface area contributed by atoms with Crippen molar-refractivity contribution in [1.29, 1.82) is 0 Å². The monoisotopic (exact) mass is 694 g/mol. The van der Waals surface area contributed by atoms with E-state index in [4.69, 9.17) is 28.4 Å².